The first-order valence-electron chi connectivity index (χ1n) is 9.23. The molecule has 0 saturated heterocycles. The summed E-state index contributed by atoms with van der Waals surface area (Å²) in [5, 5.41) is 9.86. The van der Waals surface area contributed by atoms with Gasteiger partial charge in [-0.15, -0.1) is 10.2 Å². The van der Waals surface area contributed by atoms with Crippen molar-refractivity contribution in [2.75, 3.05) is 5.75 Å². The predicted molar refractivity (Wildman–Crippen MR) is 118 cm³/mol. The molecule has 0 N–H and O–H groups in total. The third-order valence-corrected chi connectivity index (χ3v) is 5.26. The second kappa shape index (κ2) is 8.72. The summed E-state index contributed by atoms with van der Waals surface area (Å²) in [5.74, 6) is 1.69. The highest BCUT2D eigenvalue weighted by Gasteiger charge is 2.15. The van der Waals surface area contributed by atoms with Gasteiger partial charge in [-0.25, -0.2) is 0 Å². The van der Waals surface area contributed by atoms with Crippen LogP contribution in [0.15, 0.2) is 96.2 Å². The minimum absolute atomic E-state index is 0.827. The van der Waals surface area contributed by atoms with E-state index < -0.39 is 0 Å². The van der Waals surface area contributed by atoms with Crippen molar-refractivity contribution < 1.29 is 0 Å². The van der Waals surface area contributed by atoms with Gasteiger partial charge < -0.3 is 0 Å². The van der Waals surface area contributed by atoms with Gasteiger partial charge in [0, 0.05) is 17.0 Å². The van der Waals surface area contributed by atoms with Crippen LogP contribution in [0.4, 0.5) is 0 Å². The van der Waals surface area contributed by atoms with Crippen molar-refractivity contribution in [1.29, 1.82) is 0 Å². The minimum Gasteiger partial charge on any atom is -0.270 e. The fourth-order valence-corrected chi connectivity index (χ4v) is 3.70. The van der Waals surface area contributed by atoms with E-state index in [4.69, 9.17) is 0 Å². The van der Waals surface area contributed by atoms with E-state index in [2.05, 4.69) is 82.4 Å². The summed E-state index contributed by atoms with van der Waals surface area (Å²) in [7, 11) is 0. The predicted octanol–water partition coefficient (Wildman–Crippen LogP) is 6.05. The van der Waals surface area contributed by atoms with Crippen LogP contribution in [0.1, 0.15) is 11.1 Å². The lowest BCUT2D eigenvalue weighted by molar-refractivity contribution is 0.887. The van der Waals surface area contributed by atoms with Crippen LogP contribution < -0.4 is 0 Å². The number of hydrogen-bond acceptors (Lipinski definition) is 3. The molecular formula is C24H21N3S. The Hall–Kier alpha value is -3.11. The topological polar surface area (TPSA) is 30.7 Å². The van der Waals surface area contributed by atoms with Gasteiger partial charge in [-0.05, 0) is 24.6 Å². The van der Waals surface area contributed by atoms with Gasteiger partial charge in [0.1, 0.15) is 0 Å². The average Bonchev–Trinajstić information content (AvgIpc) is 3.17. The van der Waals surface area contributed by atoms with Crippen molar-refractivity contribution in [2.24, 2.45) is 0 Å². The van der Waals surface area contributed by atoms with Gasteiger partial charge in [-0.1, -0.05) is 102 Å². The van der Waals surface area contributed by atoms with Crippen molar-refractivity contribution >= 4 is 17.8 Å². The van der Waals surface area contributed by atoms with E-state index in [0.717, 1.165) is 28.0 Å². The van der Waals surface area contributed by atoms with Gasteiger partial charge in [0.25, 0.3) is 0 Å². The van der Waals surface area contributed by atoms with E-state index in [9.17, 15) is 0 Å². The summed E-state index contributed by atoms with van der Waals surface area (Å²) >= 11 is 1.68. The molecule has 1 aromatic heterocycles. The van der Waals surface area contributed by atoms with Gasteiger partial charge in [0.2, 0.25) is 0 Å². The Morgan fingerprint density at radius 1 is 0.821 bits per heavy atom. The number of thioether (sulfide) groups is 1. The molecule has 0 amide bonds. The summed E-state index contributed by atoms with van der Waals surface area (Å²) in [5.41, 5.74) is 4.57. The Bertz CT molecular complexity index is 1050. The van der Waals surface area contributed by atoms with Crippen LogP contribution in [0.2, 0.25) is 0 Å². The van der Waals surface area contributed by atoms with E-state index in [0.29, 0.717) is 0 Å². The lowest BCUT2D eigenvalue weighted by Gasteiger charge is -2.10. The number of aromatic nitrogens is 3. The number of rotatable bonds is 6. The minimum atomic E-state index is 0.827. The largest absolute Gasteiger partial charge is 0.270 e. The quantitative estimate of drug-likeness (QED) is 0.380. The van der Waals surface area contributed by atoms with E-state index in [1.165, 1.54) is 11.1 Å². The van der Waals surface area contributed by atoms with Gasteiger partial charge in [0.15, 0.2) is 11.0 Å². The second-order valence-electron chi connectivity index (χ2n) is 6.47. The standard InChI is InChI=1S/C24H21N3S/c1-19-14-16-22(17-15-19)27-23(21-12-6-3-7-13-21)25-26-24(27)28-18-8-11-20-9-4-2-5-10-20/h2-17H,18H2,1H3/b11-8+. The first-order valence-corrected chi connectivity index (χ1v) is 10.2. The summed E-state index contributed by atoms with van der Waals surface area (Å²) in [6, 6.07) is 29.0. The highest BCUT2D eigenvalue weighted by atomic mass is 32.2. The van der Waals surface area contributed by atoms with Crippen molar-refractivity contribution in [3.63, 3.8) is 0 Å². The third-order valence-electron chi connectivity index (χ3n) is 4.38. The highest BCUT2D eigenvalue weighted by molar-refractivity contribution is 7.99. The van der Waals surface area contributed by atoms with Crippen molar-refractivity contribution in [1.82, 2.24) is 14.8 Å². The van der Waals surface area contributed by atoms with Gasteiger partial charge >= 0.3 is 0 Å². The van der Waals surface area contributed by atoms with Crippen LogP contribution in [0, 0.1) is 6.92 Å². The molecule has 0 radical (unpaired) electrons. The van der Waals surface area contributed by atoms with Crippen LogP contribution in [0.25, 0.3) is 23.2 Å². The number of hydrogen-bond donors (Lipinski definition) is 0. The molecule has 4 rings (SSSR count). The molecular weight excluding hydrogens is 362 g/mol. The maximum absolute atomic E-state index is 4.49. The molecule has 0 atom stereocenters. The number of aryl methyl sites for hydroxylation is 1. The zero-order valence-corrected chi connectivity index (χ0v) is 16.5. The number of benzene rings is 3. The van der Waals surface area contributed by atoms with Gasteiger partial charge in [-0.3, -0.25) is 4.57 Å². The van der Waals surface area contributed by atoms with Crippen LogP contribution in [0.5, 0.6) is 0 Å². The molecule has 0 aliphatic rings. The maximum Gasteiger partial charge on any atom is 0.196 e. The molecule has 0 spiro atoms. The first kappa shape index (κ1) is 18.3. The zero-order valence-electron chi connectivity index (χ0n) is 15.7. The van der Waals surface area contributed by atoms with Crippen LogP contribution in [-0.2, 0) is 0 Å². The zero-order chi connectivity index (χ0) is 19.2. The Labute approximate surface area is 169 Å². The smallest absolute Gasteiger partial charge is 0.196 e. The Morgan fingerprint density at radius 3 is 2.21 bits per heavy atom. The highest BCUT2D eigenvalue weighted by Crippen LogP contribution is 2.28. The maximum atomic E-state index is 4.49. The van der Waals surface area contributed by atoms with Crippen molar-refractivity contribution in [2.45, 2.75) is 12.1 Å². The number of nitrogens with zero attached hydrogens (tertiary/aromatic N) is 3. The fourth-order valence-electron chi connectivity index (χ4n) is 2.94. The van der Waals surface area contributed by atoms with Gasteiger partial charge in [-0.2, -0.15) is 0 Å². The fraction of sp³-hybridized carbons (Fsp3) is 0.0833. The first-order chi connectivity index (χ1) is 13.8. The van der Waals surface area contributed by atoms with Gasteiger partial charge in [0.05, 0.1) is 0 Å². The monoisotopic (exact) mass is 383 g/mol. The van der Waals surface area contributed by atoms with Crippen molar-refractivity contribution in [3.8, 4) is 17.1 Å². The van der Waals surface area contributed by atoms with E-state index >= 15 is 0 Å². The molecule has 4 aromatic rings. The molecule has 1 heterocycles. The Morgan fingerprint density at radius 2 is 1.50 bits per heavy atom. The normalized spacial score (nSPS) is 11.2. The molecule has 3 nitrogen and oxygen atoms in total. The Kier molecular flexibility index (Phi) is 5.69. The lowest BCUT2D eigenvalue weighted by atomic mass is 10.2. The molecule has 0 unspecified atom stereocenters. The Balaban J connectivity index is 1.62. The summed E-state index contributed by atoms with van der Waals surface area (Å²) in [6.45, 7) is 2.10. The van der Waals surface area contributed by atoms with Crippen LogP contribution >= 0.6 is 11.8 Å². The summed E-state index contributed by atoms with van der Waals surface area (Å²) < 4.78 is 2.13. The molecule has 0 fully saturated rings. The van der Waals surface area contributed by atoms with Crippen LogP contribution in [-0.4, -0.2) is 20.5 Å². The molecule has 0 bridgehead atoms. The van der Waals surface area contributed by atoms with Crippen LogP contribution in [0.3, 0.4) is 0 Å². The molecule has 28 heavy (non-hydrogen) atoms. The third kappa shape index (κ3) is 4.24. The molecule has 0 aliphatic heterocycles. The van der Waals surface area contributed by atoms with E-state index in [-0.39, 0.29) is 0 Å². The molecule has 138 valence electrons. The summed E-state index contributed by atoms with van der Waals surface area (Å²) in [4.78, 5) is 0. The summed E-state index contributed by atoms with van der Waals surface area (Å²) in [6.07, 6.45) is 4.30. The second-order valence-corrected chi connectivity index (χ2v) is 7.45. The average molecular weight is 384 g/mol. The molecule has 3 aromatic carbocycles. The van der Waals surface area contributed by atoms with E-state index in [1.54, 1.807) is 11.8 Å². The molecule has 4 heteroatoms. The SMILES string of the molecule is Cc1ccc(-n2c(SC/C=C/c3ccccc3)nnc2-c2ccccc2)cc1. The molecule has 0 saturated carbocycles. The van der Waals surface area contributed by atoms with Crippen molar-refractivity contribution in [3.05, 3.63) is 102 Å². The molecule has 0 aliphatic carbocycles. The lowest BCUT2D eigenvalue weighted by Crippen LogP contribution is -1.99. The van der Waals surface area contributed by atoms with E-state index in [1.807, 2.05) is 36.4 Å².